The van der Waals surface area contributed by atoms with Crippen LogP contribution < -0.4 is 10.6 Å². The van der Waals surface area contributed by atoms with Gasteiger partial charge in [0, 0.05) is 48.3 Å². The number of hydrogen-bond acceptors (Lipinski definition) is 14. The van der Waals surface area contributed by atoms with E-state index in [1.807, 2.05) is 5.32 Å². The lowest BCUT2D eigenvalue weighted by Crippen LogP contribution is -2.84. The Labute approximate surface area is 242 Å². The number of imide groups is 1. The Morgan fingerprint density at radius 3 is 2.35 bits per heavy atom. The molecule has 0 aliphatic carbocycles. The molecule has 3 amide bonds. The van der Waals surface area contributed by atoms with E-state index in [1.165, 1.54) is 18.2 Å². The number of fused-ring (bicyclic) bond motifs is 1. The summed E-state index contributed by atoms with van der Waals surface area (Å²) in [5.74, 6) is -14.4. The SMILES string of the molecule is BC1(O)OC(O)(O)C(O)(O)N(Cc2ccc(CNc3cccc4c3CN(C3(O)CCC(=O)NC3=O)C4=O)c(F)c2)C1(O)O. The minimum absolute atomic E-state index is 0.0671. The van der Waals surface area contributed by atoms with Gasteiger partial charge in [0.05, 0.1) is 6.54 Å². The molecule has 230 valence electrons. The fourth-order valence-corrected chi connectivity index (χ4v) is 5.23. The van der Waals surface area contributed by atoms with Crippen LogP contribution in [-0.2, 0) is 34.0 Å². The summed E-state index contributed by atoms with van der Waals surface area (Å²) in [5, 5.41) is 86.9. The number of benzene rings is 2. The zero-order chi connectivity index (χ0) is 31.8. The number of morpholine rings is 1. The molecule has 2 aromatic carbocycles. The summed E-state index contributed by atoms with van der Waals surface area (Å²) in [7, 11) is 0.615. The molecule has 2 atom stereocenters. The maximum atomic E-state index is 15.1. The number of amides is 3. The molecule has 16 nitrogen and oxygen atoms in total. The second-order valence-corrected chi connectivity index (χ2v) is 10.7. The zero-order valence-corrected chi connectivity index (χ0v) is 22.5. The Kier molecular flexibility index (Phi) is 7.18. The Morgan fingerprint density at radius 2 is 1.70 bits per heavy atom. The van der Waals surface area contributed by atoms with Gasteiger partial charge in [-0.05, 0) is 23.8 Å². The summed E-state index contributed by atoms with van der Waals surface area (Å²) in [4.78, 5) is 37.8. The van der Waals surface area contributed by atoms with E-state index in [4.69, 9.17) is 0 Å². The molecule has 2 fully saturated rings. The van der Waals surface area contributed by atoms with Gasteiger partial charge in [-0.1, -0.05) is 18.2 Å². The van der Waals surface area contributed by atoms with E-state index >= 15 is 4.39 Å². The third-order valence-electron chi connectivity index (χ3n) is 7.81. The normalized spacial score (nSPS) is 28.0. The number of nitrogens with zero attached hydrogens (tertiary/aromatic N) is 2. The van der Waals surface area contributed by atoms with Crippen molar-refractivity contribution in [3.8, 4) is 0 Å². The van der Waals surface area contributed by atoms with Crippen molar-refractivity contribution in [1.29, 1.82) is 0 Å². The summed E-state index contributed by atoms with van der Waals surface area (Å²) >= 11 is 0. The van der Waals surface area contributed by atoms with Gasteiger partial charge in [0.2, 0.25) is 11.6 Å². The van der Waals surface area contributed by atoms with Crippen LogP contribution in [0.15, 0.2) is 36.4 Å². The van der Waals surface area contributed by atoms with E-state index in [0.29, 0.717) is 19.1 Å². The maximum Gasteiger partial charge on any atom is 0.353 e. The second kappa shape index (κ2) is 9.99. The molecule has 5 rings (SSSR count). The molecular formula is C25H28BFN4O12. The smallest absolute Gasteiger partial charge is 0.353 e. The molecule has 3 aliphatic heterocycles. The van der Waals surface area contributed by atoms with Crippen LogP contribution >= 0.6 is 0 Å². The first-order valence-electron chi connectivity index (χ1n) is 12.9. The lowest BCUT2D eigenvalue weighted by atomic mass is 9.87. The van der Waals surface area contributed by atoms with E-state index in [-0.39, 0.29) is 47.5 Å². The molecule has 2 unspecified atom stereocenters. The highest BCUT2D eigenvalue weighted by atomic mass is 19.1. The molecule has 0 saturated carbocycles. The number of rotatable bonds is 6. The van der Waals surface area contributed by atoms with Gasteiger partial charge in [-0.25, -0.2) is 4.39 Å². The van der Waals surface area contributed by atoms with Crippen molar-refractivity contribution in [2.75, 3.05) is 5.32 Å². The molecule has 18 heteroatoms. The van der Waals surface area contributed by atoms with Gasteiger partial charge in [0.1, 0.15) is 5.82 Å². The molecule has 0 bridgehead atoms. The van der Waals surface area contributed by atoms with E-state index in [9.17, 15) is 55.2 Å². The van der Waals surface area contributed by atoms with Crippen molar-refractivity contribution in [3.05, 3.63) is 64.5 Å². The number of nitrogens with one attached hydrogen (secondary N) is 2. The van der Waals surface area contributed by atoms with Gasteiger partial charge >= 0.3 is 11.9 Å². The standard InChI is InChI=1S/C25H28BFN4O12/c26-22(36)23(37,38)31(24(39,40)25(41,42)43-22)10-12-4-5-13(16(27)8-12)9-28-17-3-1-2-14-15(17)11-30(19(14)33)21(35)7-6-18(32)29-20(21)34/h1-5,8,28,35-42H,6-7,9-11,26H2,(H,29,32,34). The number of halogens is 1. The van der Waals surface area contributed by atoms with Crippen molar-refractivity contribution in [3.63, 3.8) is 0 Å². The highest BCUT2D eigenvalue weighted by Crippen LogP contribution is 2.42. The average Bonchev–Trinajstić information content (AvgIpc) is 3.25. The monoisotopic (exact) mass is 606 g/mol. The number of carbonyl (C=O) groups is 3. The Morgan fingerprint density at radius 1 is 1.00 bits per heavy atom. The summed E-state index contributed by atoms with van der Waals surface area (Å²) < 4.78 is 19.4. The van der Waals surface area contributed by atoms with E-state index in [1.54, 1.807) is 12.1 Å². The van der Waals surface area contributed by atoms with Crippen LogP contribution in [0.2, 0.25) is 0 Å². The average molecular weight is 606 g/mol. The van der Waals surface area contributed by atoms with E-state index in [2.05, 4.69) is 10.1 Å². The van der Waals surface area contributed by atoms with Crippen LogP contribution in [-0.4, -0.2) is 105 Å². The van der Waals surface area contributed by atoms with Crippen LogP contribution in [0.5, 0.6) is 0 Å². The van der Waals surface area contributed by atoms with Crippen LogP contribution in [0, 0.1) is 5.82 Å². The van der Waals surface area contributed by atoms with Crippen LogP contribution in [0.3, 0.4) is 0 Å². The van der Waals surface area contributed by atoms with E-state index < -0.39 is 59.3 Å². The van der Waals surface area contributed by atoms with Crippen molar-refractivity contribution in [1.82, 2.24) is 15.1 Å². The first kappa shape index (κ1) is 30.9. The number of anilines is 1. The van der Waals surface area contributed by atoms with Gasteiger partial charge < -0.3 is 46.2 Å². The Bertz CT molecular complexity index is 1490. The van der Waals surface area contributed by atoms with Crippen molar-refractivity contribution in [2.45, 2.75) is 61.7 Å². The molecule has 43 heavy (non-hydrogen) atoms. The molecular weight excluding hydrogens is 578 g/mol. The predicted octanol–water partition coefficient (Wildman–Crippen LogP) is -4.45. The zero-order valence-electron chi connectivity index (χ0n) is 22.5. The van der Waals surface area contributed by atoms with Crippen molar-refractivity contribution >= 4 is 31.3 Å². The summed E-state index contributed by atoms with van der Waals surface area (Å²) in [6, 6.07) is 8.05. The van der Waals surface area contributed by atoms with Crippen LogP contribution in [0.4, 0.5) is 10.1 Å². The number of aliphatic hydroxyl groups is 8. The predicted molar refractivity (Wildman–Crippen MR) is 139 cm³/mol. The van der Waals surface area contributed by atoms with Crippen LogP contribution in [0.1, 0.15) is 39.9 Å². The molecule has 0 aromatic heterocycles. The molecule has 0 spiro atoms. The highest BCUT2D eigenvalue weighted by molar-refractivity contribution is 6.14. The maximum absolute atomic E-state index is 15.1. The fraction of sp³-hybridized carbons (Fsp3) is 0.400. The number of piperidine rings is 1. The van der Waals surface area contributed by atoms with Gasteiger partial charge in [-0.3, -0.25) is 29.3 Å². The lowest BCUT2D eigenvalue weighted by Gasteiger charge is -2.56. The van der Waals surface area contributed by atoms with Crippen molar-refractivity contribution in [2.24, 2.45) is 0 Å². The number of hydrogen-bond donors (Lipinski definition) is 10. The topological polar surface area (TPSA) is 253 Å². The quantitative estimate of drug-likeness (QED) is 0.0846. The minimum atomic E-state index is -3.89. The first-order chi connectivity index (χ1) is 19.8. The van der Waals surface area contributed by atoms with Gasteiger partial charge in [0.15, 0.2) is 13.5 Å². The van der Waals surface area contributed by atoms with Gasteiger partial charge in [-0.15, -0.1) is 0 Å². The Hall–Kier alpha value is -3.56. The highest BCUT2D eigenvalue weighted by Gasteiger charge is 2.72. The third-order valence-corrected chi connectivity index (χ3v) is 7.81. The third kappa shape index (κ3) is 4.87. The molecule has 0 radical (unpaired) electrons. The van der Waals surface area contributed by atoms with Crippen molar-refractivity contribution < 1.29 is 64.4 Å². The molecule has 2 aromatic rings. The Balaban J connectivity index is 1.33. The van der Waals surface area contributed by atoms with Crippen LogP contribution in [0.25, 0.3) is 0 Å². The van der Waals surface area contributed by atoms with Gasteiger partial charge in [0.25, 0.3) is 17.7 Å². The minimum Gasteiger partial charge on any atom is -0.381 e. The second-order valence-electron chi connectivity index (χ2n) is 10.7. The summed E-state index contributed by atoms with van der Waals surface area (Å²) in [6.45, 7) is -1.25. The fourth-order valence-electron chi connectivity index (χ4n) is 5.23. The molecule has 10 N–H and O–H groups in total. The first-order valence-corrected chi connectivity index (χ1v) is 12.9. The number of ether oxygens (including phenoxy) is 1. The molecule has 3 aliphatic rings. The molecule has 2 saturated heterocycles. The number of carbonyl (C=O) groups excluding carboxylic acids is 3. The lowest BCUT2D eigenvalue weighted by molar-refractivity contribution is -0.612. The van der Waals surface area contributed by atoms with E-state index in [0.717, 1.165) is 11.0 Å². The summed E-state index contributed by atoms with van der Waals surface area (Å²) in [6.07, 6.45) is -0.442. The largest absolute Gasteiger partial charge is 0.381 e. The van der Waals surface area contributed by atoms with Gasteiger partial charge in [-0.2, -0.15) is 4.90 Å². The summed E-state index contributed by atoms with van der Waals surface area (Å²) in [5.41, 5.74) is -4.42. The molecule has 3 heterocycles.